The first-order valence-corrected chi connectivity index (χ1v) is 6.02. The van der Waals surface area contributed by atoms with Crippen LogP contribution in [0.5, 0.6) is 5.75 Å². The predicted molar refractivity (Wildman–Crippen MR) is 66.7 cm³/mol. The van der Waals surface area contributed by atoms with Gasteiger partial charge in [-0.25, -0.2) is 4.57 Å². The molecule has 0 aromatic heterocycles. The van der Waals surface area contributed by atoms with Gasteiger partial charge >= 0.3 is 35.1 Å². The number of ether oxygens (including phenoxy) is 1. The number of aryl methyl sites for hydroxylation is 1. The van der Waals surface area contributed by atoms with Gasteiger partial charge in [-0.2, -0.15) is 0 Å². The van der Waals surface area contributed by atoms with Gasteiger partial charge in [-0.05, 0) is 24.5 Å². The van der Waals surface area contributed by atoms with Gasteiger partial charge in [0.15, 0.2) is 0 Å². The molecule has 17 heavy (non-hydrogen) atoms. The maximum atomic E-state index is 8.88. The Morgan fingerprint density at radius 3 is 2.24 bits per heavy atom. The van der Waals surface area contributed by atoms with E-state index in [1.54, 1.807) is 0 Å². The zero-order valence-corrected chi connectivity index (χ0v) is 15.6. The van der Waals surface area contributed by atoms with Crippen LogP contribution >= 0.6 is 7.82 Å². The van der Waals surface area contributed by atoms with Crippen molar-refractivity contribution < 1.29 is 29.5 Å². The Kier molecular flexibility index (Phi) is 10.3. The molecular weight excluding hydrogens is 442 g/mol. The number of hydrogen-bond acceptors (Lipinski definition) is 2. The van der Waals surface area contributed by atoms with Crippen molar-refractivity contribution >= 4 is 35.1 Å². The van der Waals surface area contributed by atoms with Gasteiger partial charge in [0.05, 0.1) is 6.61 Å². The van der Waals surface area contributed by atoms with E-state index in [0.717, 1.165) is 18.8 Å². The topological polar surface area (TPSA) is 118 Å². The summed E-state index contributed by atoms with van der Waals surface area (Å²) in [6.45, 7) is 0.886. The van der Waals surface area contributed by atoms with Crippen LogP contribution in [0.25, 0.3) is 0 Å². The fourth-order valence-corrected chi connectivity index (χ4v) is 1.30. The number of hydrogen-bond donors (Lipinski definition) is 3. The van der Waals surface area contributed by atoms with Crippen LogP contribution in [-0.2, 0) is 11.0 Å². The first kappa shape index (κ1) is 19.4. The molecule has 1 aliphatic heterocycles. The van der Waals surface area contributed by atoms with E-state index in [9.17, 15) is 0 Å². The minimum absolute atomic E-state index is 0. The van der Waals surface area contributed by atoms with E-state index < -0.39 is 7.82 Å². The van der Waals surface area contributed by atoms with Crippen LogP contribution in [0.15, 0.2) is 24.3 Å². The van der Waals surface area contributed by atoms with E-state index in [4.69, 9.17) is 24.0 Å². The summed E-state index contributed by atoms with van der Waals surface area (Å²) in [6.07, 6.45) is 2.34. The van der Waals surface area contributed by atoms with Gasteiger partial charge in [0.2, 0.25) is 0 Å². The summed E-state index contributed by atoms with van der Waals surface area (Å²) in [6, 6.07) is 8.25. The monoisotopic (exact) mass is 460 g/mol. The molecule has 0 spiro atoms. The molecule has 0 bridgehead atoms. The second-order valence-corrected chi connectivity index (χ2v) is 4.10. The molecule has 0 atom stereocenters. The molecule has 0 fully saturated rings. The van der Waals surface area contributed by atoms with Gasteiger partial charge in [0.1, 0.15) is 5.75 Å². The van der Waals surface area contributed by atoms with Crippen LogP contribution in [0.3, 0.4) is 0 Å². The van der Waals surface area contributed by atoms with Gasteiger partial charge < -0.3 is 24.9 Å². The van der Waals surface area contributed by atoms with Gasteiger partial charge in [0.25, 0.3) is 0 Å². The third kappa shape index (κ3) is 9.69. The second-order valence-electron chi connectivity index (χ2n) is 3.07. The first-order chi connectivity index (χ1) is 6.97. The molecule has 6 nitrogen and oxygen atoms in total. The standard InChI is InChI=1S/C9H10O.H3O4P.H2O.Pb.2H/c1-2-6-9-8(4-1)5-3-7-10-9;1-5(2,3)4;;;;/h1-2,4,6H,3,5,7H2;(H3,1,2,3,4);1H2;;;. The van der Waals surface area contributed by atoms with Crippen molar-refractivity contribution in [3.05, 3.63) is 29.8 Å². The summed E-state index contributed by atoms with van der Waals surface area (Å²) >= 11 is 0. The van der Waals surface area contributed by atoms with Gasteiger partial charge in [-0.1, -0.05) is 18.2 Å². The molecule has 0 unspecified atom stereocenters. The SMILES string of the molecule is O.O=P(O)(O)O.[PbH2].c1ccc2c(c1)CCCO2. The number of benzene rings is 1. The molecule has 1 heterocycles. The number of para-hydroxylation sites is 1. The molecule has 98 valence electrons. The first-order valence-electron chi connectivity index (χ1n) is 4.46. The van der Waals surface area contributed by atoms with E-state index in [-0.39, 0.29) is 32.8 Å². The zero-order valence-electron chi connectivity index (χ0n) is 9.24. The Hall–Kier alpha value is 0.0121. The average Bonchev–Trinajstić information content (AvgIpc) is 2.16. The van der Waals surface area contributed by atoms with Crippen molar-refractivity contribution in [1.82, 2.24) is 0 Å². The van der Waals surface area contributed by atoms with Crippen LogP contribution < -0.4 is 4.74 Å². The number of rotatable bonds is 0. The molecule has 2 radical (unpaired) electrons. The Morgan fingerprint density at radius 1 is 1.18 bits per heavy atom. The summed E-state index contributed by atoms with van der Waals surface area (Å²) in [5, 5.41) is 0. The van der Waals surface area contributed by atoms with Crippen LogP contribution in [0, 0.1) is 0 Å². The Labute approximate surface area is 119 Å². The fourth-order valence-electron chi connectivity index (χ4n) is 1.30. The zero-order chi connectivity index (χ0) is 11.3. The summed E-state index contributed by atoms with van der Waals surface area (Å²) in [5.74, 6) is 1.08. The minimum atomic E-state index is -4.64. The van der Waals surface area contributed by atoms with Crippen molar-refractivity contribution in [2.45, 2.75) is 12.8 Å². The van der Waals surface area contributed by atoms with Crippen LogP contribution in [0.1, 0.15) is 12.0 Å². The summed E-state index contributed by atoms with van der Waals surface area (Å²) in [5.41, 5.74) is 1.36. The summed E-state index contributed by atoms with van der Waals surface area (Å²) < 4.78 is 14.3. The third-order valence-electron chi connectivity index (χ3n) is 1.82. The summed E-state index contributed by atoms with van der Waals surface area (Å²) in [7, 11) is -4.64. The molecule has 1 aliphatic rings. The Balaban J connectivity index is 0. The van der Waals surface area contributed by atoms with Crippen LogP contribution in [0.2, 0.25) is 0 Å². The molecule has 2 rings (SSSR count). The van der Waals surface area contributed by atoms with Gasteiger partial charge in [-0.3, -0.25) is 0 Å². The fraction of sp³-hybridized carbons (Fsp3) is 0.333. The molecule has 0 saturated heterocycles. The van der Waals surface area contributed by atoms with Gasteiger partial charge in [0, 0.05) is 0 Å². The molecular formula is C9H17O6PPb. The van der Waals surface area contributed by atoms with Crippen molar-refractivity contribution in [1.29, 1.82) is 0 Å². The largest absolute Gasteiger partial charge is 0.493 e. The number of phosphoric acid groups is 1. The van der Waals surface area contributed by atoms with Crippen molar-refractivity contribution in [3.63, 3.8) is 0 Å². The van der Waals surface area contributed by atoms with E-state index in [1.807, 2.05) is 12.1 Å². The minimum Gasteiger partial charge on any atom is -0.493 e. The second kappa shape index (κ2) is 9.01. The van der Waals surface area contributed by atoms with Crippen molar-refractivity contribution in [3.8, 4) is 5.75 Å². The molecule has 1 aromatic rings. The molecule has 0 saturated carbocycles. The molecule has 0 amide bonds. The predicted octanol–water partition coefficient (Wildman–Crippen LogP) is -0.658. The quantitative estimate of drug-likeness (QED) is 0.352. The van der Waals surface area contributed by atoms with Crippen molar-refractivity contribution in [2.24, 2.45) is 0 Å². The smallest absolute Gasteiger partial charge is 0.122 e. The number of fused-ring (bicyclic) bond motifs is 1. The van der Waals surface area contributed by atoms with E-state index in [2.05, 4.69) is 12.1 Å². The van der Waals surface area contributed by atoms with Gasteiger partial charge in [-0.15, -0.1) is 0 Å². The Bertz CT molecular complexity index is 333. The normalized spacial score (nSPS) is 12.6. The average molecular weight is 459 g/mol. The van der Waals surface area contributed by atoms with Crippen LogP contribution in [0.4, 0.5) is 0 Å². The van der Waals surface area contributed by atoms with Crippen molar-refractivity contribution in [2.75, 3.05) is 6.61 Å². The maximum Gasteiger partial charge on any atom is 0.122 e. The molecule has 0 aliphatic carbocycles. The molecule has 1 aromatic carbocycles. The Morgan fingerprint density at radius 2 is 1.71 bits per heavy atom. The van der Waals surface area contributed by atoms with E-state index >= 15 is 0 Å². The summed E-state index contributed by atoms with van der Waals surface area (Å²) in [4.78, 5) is 21.6. The maximum absolute atomic E-state index is 8.88. The van der Waals surface area contributed by atoms with E-state index in [1.165, 1.54) is 12.0 Å². The molecule has 5 N–H and O–H groups in total. The molecule has 8 heteroatoms. The van der Waals surface area contributed by atoms with Crippen LogP contribution in [-0.4, -0.2) is 54.1 Å². The van der Waals surface area contributed by atoms with E-state index in [0.29, 0.717) is 0 Å². The third-order valence-corrected chi connectivity index (χ3v) is 1.82.